The summed E-state index contributed by atoms with van der Waals surface area (Å²) < 4.78 is 32.1. The summed E-state index contributed by atoms with van der Waals surface area (Å²) in [5.74, 6) is 0.729. The van der Waals surface area contributed by atoms with Crippen molar-refractivity contribution in [2.24, 2.45) is 0 Å². The standard InChI is InChI=1S/C24H29NO8/c1-17(2)23(26)30-14-13-29-12-11-28-10-9-25-24(27)33-22-8-7-21(32-16-18-15-31-18)19-5-3-4-6-20(19)22/h3-8,18H,1,9-16H2,2H3,(H,25,27). The first-order valence-corrected chi connectivity index (χ1v) is 10.7. The first kappa shape index (κ1) is 24.5. The first-order chi connectivity index (χ1) is 16.0. The Kier molecular flexibility index (Phi) is 9.49. The monoisotopic (exact) mass is 459 g/mol. The molecule has 0 bridgehead atoms. The summed E-state index contributed by atoms with van der Waals surface area (Å²) in [6.45, 7) is 8.03. The Labute approximate surface area is 192 Å². The van der Waals surface area contributed by atoms with Crippen LogP contribution in [0, 0.1) is 0 Å². The molecule has 1 amide bonds. The highest BCUT2D eigenvalue weighted by molar-refractivity contribution is 5.94. The molecular formula is C24H29NO8. The maximum absolute atomic E-state index is 12.2. The Morgan fingerprint density at radius 3 is 2.33 bits per heavy atom. The van der Waals surface area contributed by atoms with Crippen LogP contribution in [-0.2, 0) is 23.7 Å². The largest absolute Gasteiger partial charge is 0.490 e. The minimum Gasteiger partial charge on any atom is -0.490 e. The average molecular weight is 459 g/mol. The van der Waals surface area contributed by atoms with Gasteiger partial charge >= 0.3 is 12.1 Å². The number of benzene rings is 2. The Bertz CT molecular complexity index is 957. The van der Waals surface area contributed by atoms with Crippen LogP contribution in [0.3, 0.4) is 0 Å². The number of carbonyl (C=O) groups is 2. The van der Waals surface area contributed by atoms with Crippen LogP contribution in [0.1, 0.15) is 6.92 Å². The second-order valence-corrected chi connectivity index (χ2v) is 7.33. The summed E-state index contributed by atoms with van der Waals surface area (Å²) in [5.41, 5.74) is 0.350. The van der Waals surface area contributed by atoms with Gasteiger partial charge in [-0.25, -0.2) is 9.59 Å². The van der Waals surface area contributed by atoms with Crippen molar-refractivity contribution in [2.75, 3.05) is 52.8 Å². The molecule has 3 rings (SSSR count). The van der Waals surface area contributed by atoms with E-state index < -0.39 is 12.1 Å². The lowest BCUT2D eigenvalue weighted by molar-refractivity contribution is -0.140. The summed E-state index contributed by atoms with van der Waals surface area (Å²) in [6, 6.07) is 11.1. The zero-order valence-corrected chi connectivity index (χ0v) is 18.7. The molecule has 0 radical (unpaired) electrons. The van der Waals surface area contributed by atoms with E-state index in [1.54, 1.807) is 19.1 Å². The van der Waals surface area contributed by atoms with E-state index in [0.29, 0.717) is 37.8 Å². The highest BCUT2D eigenvalue weighted by atomic mass is 16.6. The molecule has 9 heteroatoms. The summed E-state index contributed by atoms with van der Waals surface area (Å²) in [4.78, 5) is 23.4. The number of nitrogens with one attached hydrogen (secondary N) is 1. The molecule has 178 valence electrons. The third kappa shape index (κ3) is 8.38. The fourth-order valence-corrected chi connectivity index (χ4v) is 2.81. The molecule has 9 nitrogen and oxygen atoms in total. The van der Waals surface area contributed by atoms with Crippen LogP contribution in [-0.4, -0.2) is 71.0 Å². The van der Waals surface area contributed by atoms with E-state index in [-0.39, 0.29) is 25.9 Å². The third-order valence-corrected chi connectivity index (χ3v) is 4.57. The predicted molar refractivity (Wildman–Crippen MR) is 121 cm³/mol. The molecule has 1 aliphatic heterocycles. The Balaban J connectivity index is 1.31. The number of hydrogen-bond donors (Lipinski definition) is 1. The van der Waals surface area contributed by atoms with Gasteiger partial charge in [0, 0.05) is 22.9 Å². The van der Waals surface area contributed by atoms with Gasteiger partial charge in [0.1, 0.15) is 30.8 Å². The molecule has 0 aromatic heterocycles. The zero-order valence-electron chi connectivity index (χ0n) is 18.7. The third-order valence-electron chi connectivity index (χ3n) is 4.57. The van der Waals surface area contributed by atoms with Gasteiger partial charge in [0.2, 0.25) is 0 Å². The van der Waals surface area contributed by atoms with E-state index in [4.69, 9.17) is 28.4 Å². The summed E-state index contributed by atoms with van der Waals surface area (Å²) >= 11 is 0. The van der Waals surface area contributed by atoms with Crippen molar-refractivity contribution in [3.63, 3.8) is 0 Å². The lowest BCUT2D eigenvalue weighted by atomic mass is 10.1. The van der Waals surface area contributed by atoms with Crippen LogP contribution in [0.5, 0.6) is 11.5 Å². The maximum Gasteiger partial charge on any atom is 0.412 e. The molecule has 33 heavy (non-hydrogen) atoms. The molecule has 1 fully saturated rings. The second kappa shape index (κ2) is 12.8. The van der Waals surface area contributed by atoms with E-state index in [1.165, 1.54) is 0 Å². The van der Waals surface area contributed by atoms with Crippen molar-refractivity contribution < 1.29 is 38.0 Å². The lowest BCUT2D eigenvalue weighted by Gasteiger charge is -2.13. The van der Waals surface area contributed by atoms with Crippen LogP contribution < -0.4 is 14.8 Å². The number of epoxide rings is 1. The Hall–Kier alpha value is -3.14. The van der Waals surface area contributed by atoms with E-state index in [0.717, 1.165) is 23.1 Å². The van der Waals surface area contributed by atoms with E-state index in [9.17, 15) is 9.59 Å². The number of carbonyl (C=O) groups excluding carboxylic acids is 2. The van der Waals surface area contributed by atoms with Crippen LogP contribution in [0.2, 0.25) is 0 Å². The van der Waals surface area contributed by atoms with Gasteiger partial charge in [0.15, 0.2) is 0 Å². The molecule has 0 aliphatic carbocycles. The quantitative estimate of drug-likeness (QED) is 0.199. The molecule has 1 atom stereocenters. The van der Waals surface area contributed by atoms with Crippen LogP contribution in [0.15, 0.2) is 48.6 Å². The van der Waals surface area contributed by atoms with Gasteiger partial charge < -0.3 is 33.7 Å². The van der Waals surface area contributed by atoms with E-state index in [1.807, 2.05) is 24.3 Å². The van der Waals surface area contributed by atoms with Crippen molar-refractivity contribution in [2.45, 2.75) is 13.0 Å². The van der Waals surface area contributed by atoms with Crippen molar-refractivity contribution in [1.82, 2.24) is 5.32 Å². The fraction of sp³-hybridized carbons (Fsp3) is 0.417. The van der Waals surface area contributed by atoms with Gasteiger partial charge in [-0.15, -0.1) is 0 Å². The average Bonchev–Trinajstić information content (AvgIpc) is 3.64. The number of hydrogen-bond acceptors (Lipinski definition) is 8. The van der Waals surface area contributed by atoms with Crippen molar-refractivity contribution in [1.29, 1.82) is 0 Å². The number of ether oxygens (including phenoxy) is 6. The van der Waals surface area contributed by atoms with Crippen molar-refractivity contribution >= 4 is 22.8 Å². The predicted octanol–water partition coefficient (Wildman–Crippen LogP) is 2.86. The van der Waals surface area contributed by atoms with Gasteiger partial charge in [-0.05, 0) is 19.1 Å². The lowest BCUT2D eigenvalue weighted by Crippen LogP contribution is -2.30. The highest BCUT2D eigenvalue weighted by Crippen LogP contribution is 2.33. The smallest absolute Gasteiger partial charge is 0.412 e. The number of fused-ring (bicyclic) bond motifs is 1. The van der Waals surface area contributed by atoms with Gasteiger partial charge in [0.05, 0.1) is 33.0 Å². The second-order valence-electron chi connectivity index (χ2n) is 7.33. The molecule has 1 aliphatic rings. The van der Waals surface area contributed by atoms with E-state index >= 15 is 0 Å². The Morgan fingerprint density at radius 2 is 1.64 bits per heavy atom. The first-order valence-electron chi connectivity index (χ1n) is 10.7. The molecule has 0 spiro atoms. The maximum atomic E-state index is 12.2. The van der Waals surface area contributed by atoms with Crippen molar-refractivity contribution in [3.8, 4) is 11.5 Å². The van der Waals surface area contributed by atoms with Gasteiger partial charge in [-0.3, -0.25) is 0 Å². The highest BCUT2D eigenvalue weighted by Gasteiger charge is 2.23. The molecule has 2 aromatic carbocycles. The fourth-order valence-electron chi connectivity index (χ4n) is 2.81. The van der Waals surface area contributed by atoms with Gasteiger partial charge in [0.25, 0.3) is 0 Å². The molecular weight excluding hydrogens is 430 g/mol. The summed E-state index contributed by atoms with van der Waals surface area (Å²) in [6.07, 6.45) is -0.412. The molecule has 1 unspecified atom stereocenters. The zero-order chi connectivity index (χ0) is 23.5. The summed E-state index contributed by atoms with van der Waals surface area (Å²) in [5, 5.41) is 4.30. The number of esters is 1. The normalized spacial score (nSPS) is 14.5. The summed E-state index contributed by atoms with van der Waals surface area (Å²) in [7, 11) is 0. The topological polar surface area (TPSA) is 105 Å². The van der Waals surface area contributed by atoms with Gasteiger partial charge in [-0.2, -0.15) is 0 Å². The molecule has 0 saturated carbocycles. The molecule has 2 aromatic rings. The van der Waals surface area contributed by atoms with E-state index in [2.05, 4.69) is 11.9 Å². The minimum absolute atomic E-state index is 0.158. The molecule has 1 heterocycles. The number of amides is 1. The van der Waals surface area contributed by atoms with Crippen LogP contribution in [0.4, 0.5) is 4.79 Å². The minimum atomic E-state index is -0.570. The number of rotatable bonds is 14. The SMILES string of the molecule is C=C(C)C(=O)OCCOCCOCCNC(=O)Oc1ccc(OCC2CO2)c2ccccc12. The van der Waals surface area contributed by atoms with Gasteiger partial charge in [-0.1, -0.05) is 30.8 Å². The van der Waals surface area contributed by atoms with Crippen LogP contribution >= 0.6 is 0 Å². The Morgan fingerprint density at radius 1 is 1.00 bits per heavy atom. The molecule has 1 saturated heterocycles. The molecule has 1 N–H and O–H groups in total. The van der Waals surface area contributed by atoms with Crippen molar-refractivity contribution in [3.05, 3.63) is 48.6 Å². The van der Waals surface area contributed by atoms with Crippen LogP contribution in [0.25, 0.3) is 10.8 Å².